The lowest BCUT2D eigenvalue weighted by Crippen LogP contribution is -2.68. The minimum Gasteiger partial charge on any atom is -0.460 e. The van der Waals surface area contributed by atoms with Crippen LogP contribution in [-0.2, 0) is 28.2 Å². The van der Waals surface area contributed by atoms with Crippen LogP contribution in [-0.4, -0.2) is 51.3 Å². The van der Waals surface area contributed by atoms with E-state index < -0.39 is 43.1 Å². The van der Waals surface area contributed by atoms with Gasteiger partial charge in [0.2, 0.25) is 0 Å². The Morgan fingerprint density at radius 3 is 1.87 bits per heavy atom. The van der Waals surface area contributed by atoms with E-state index in [9.17, 15) is 9.59 Å². The van der Waals surface area contributed by atoms with Gasteiger partial charge < -0.3 is 18.6 Å². The van der Waals surface area contributed by atoms with E-state index in [1.165, 1.54) is 7.11 Å². The largest absolute Gasteiger partial charge is 0.460 e. The minimum absolute atomic E-state index is 0.0398. The van der Waals surface area contributed by atoms with Crippen LogP contribution in [0.25, 0.3) is 0 Å². The van der Waals surface area contributed by atoms with Gasteiger partial charge in [-0.2, -0.15) is 0 Å². The summed E-state index contributed by atoms with van der Waals surface area (Å²) in [6.45, 7) is 17.7. The highest BCUT2D eigenvalue weighted by molar-refractivity contribution is 6.99. The topological polar surface area (TPSA) is 71.1 Å². The van der Waals surface area contributed by atoms with Gasteiger partial charge in [-0.15, -0.1) is 0 Å². The first-order valence-corrected chi connectivity index (χ1v) is 15.6. The fourth-order valence-corrected chi connectivity index (χ4v) is 9.94. The quantitative estimate of drug-likeness (QED) is 0.327. The number of ether oxygens (including phenoxy) is 3. The minimum atomic E-state index is -2.88. The SMILES string of the molecule is COC1(C(C)C(=O)OC(C)(C)C)CC(=O)C(C)(C)C(CO[Si](c2ccccc2)(c2ccccc2)C(C)(C)C)O1. The number of benzene rings is 2. The number of carbonyl (C=O) groups is 2. The molecule has 0 aromatic heterocycles. The van der Waals surface area contributed by atoms with E-state index >= 15 is 0 Å². The molecule has 0 amide bonds. The third kappa shape index (κ3) is 6.22. The van der Waals surface area contributed by atoms with Crippen molar-refractivity contribution >= 4 is 30.4 Å². The van der Waals surface area contributed by atoms with Crippen molar-refractivity contribution in [2.75, 3.05) is 13.7 Å². The highest BCUT2D eigenvalue weighted by Gasteiger charge is 2.58. The van der Waals surface area contributed by atoms with Crippen LogP contribution in [0.2, 0.25) is 5.04 Å². The standard InChI is InChI=1S/C32H46O6Si/c1-23(28(34)38-29(2,3)4)32(35-10)21-26(33)31(8,9)27(37-32)22-36-39(30(5,6)7,24-17-13-11-14-18-24)25-19-15-12-16-20-25/h11-20,23,27H,21-22H2,1-10H3. The molecule has 1 fully saturated rings. The fourth-order valence-electron chi connectivity index (χ4n) is 5.39. The van der Waals surface area contributed by atoms with Crippen molar-refractivity contribution in [3.05, 3.63) is 60.7 Å². The summed E-state index contributed by atoms with van der Waals surface area (Å²) in [5.41, 5.74) is -1.52. The molecule has 0 N–H and O–H groups in total. The third-order valence-electron chi connectivity index (χ3n) is 7.91. The number of esters is 1. The average molecular weight is 555 g/mol. The summed E-state index contributed by atoms with van der Waals surface area (Å²) in [6, 6.07) is 20.7. The smallest absolute Gasteiger partial charge is 0.314 e. The molecule has 3 rings (SSSR count). The molecule has 1 saturated heterocycles. The first kappa shape index (κ1) is 31.2. The molecule has 0 bridgehead atoms. The number of hydrogen-bond acceptors (Lipinski definition) is 6. The molecule has 0 spiro atoms. The van der Waals surface area contributed by atoms with Crippen LogP contribution >= 0.6 is 0 Å². The highest BCUT2D eigenvalue weighted by atomic mass is 28.4. The van der Waals surface area contributed by atoms with Crippen molar-refractivity contribution in [3.63, 3.8) is 0 Å². The van der Waals surface area contributed by atoms with Gasteiger partial charge in [0, 0.05) is 7.11 Å². The van der Waals surface area contributed by atoms with Crippen LogP contribution in [0.3, 0.4) is 0 Å². The molecule has 214 valence electrons. The zero-order valence-corrected chi connectivity index (χ0v) is 26.3. The maximum atomic E-state index is 13.6. The number of carbonyl (C=O) groups excluding carboxylic acids is 2. The summed E-state index contributed by atoms with van der Waals surface area (Å²) in [5.74, 6) is -2.78. The second kappa shape index (κ2) is 11.3. The van der Waals surface area contributed by atoms with Crippen molar-refractivity contribution in [2.45, 2.75) is 91.3 Å². The molecule has 0 saturated carbocycles. The molecule has 39 heavy (non-hydrogen) atoms. The van der Waals surface area contributed by atoms with Gasteiger partial charge in [-0.25, -0.2) is 0 Å². The molecule has 0 radical (unpaired) electrons. The van der Waals surface area contributed by atoms with E-state index in [4.69, 9.17) is 18.6 Å². The van der Waals surface area contributed by atoms with Gasteiger partial charge in [-0.05, 0) is 43.1 Å². The summed E-state index contributed by atoms with van der Waals surface area (Å²) in [7, 11) is -1.40. The molecule has 2 aromatic rings. The van der Waals surface area contributed by atoms with Crippen LogP contribution < -0.4 is 10.4 Å². The van der Waals surface area contributed by atoms with Crippen LogP contribution in [0.5, 0.6) is 0 Å². The van der Waals surface area contributed by atoms with Gasteiger partial charge >= 0.3 is 5.97 Å². The molecule has 3 unspecified atom stereocenters. The van der Waals surface area contributed by atoms with E-state index in [0.29, 0.717) is 0 Å². The molecule has 6 nitrogen and oxygen atoms in total. The number of ketones is 1. The molecule has 1 aliphatic rings. The van der Waals surface area contributed by atoms with Crippen LogP contribution in [0.15, 0.2) is 60.7 Å². The van der Waals surface area contributed by atoms with E-state index in [-0.39, 0.29) is 23.8 Å². The predicted octanol–water partition coefficient (Wildman–Crippen LogP) is 5.27. The second-order valence-corrected chi connectivity index (χ2v) is 17.5. The average Bonchev–Trinajstić information content (AvgIpc) is 2.86. The number of Topliss-reactive ketones (excluding diaryl/α,β-unsaturated/α-hetero) is 1. The molecule has 1 heterocycles. The summed E-state index contributed by atoms with van der Waals surface area (Å²) in [6.07, 6.45) is -0.697. The van der Waals surface area contributed by atoms with Gasteiger partial charge in [0.25, 0.3) is 8.32 Å². The Morgan fingerprint density at radius 2 is 1.46 bits per heavy atom. The van der Waals surface area contributed by atoms with Gasteiger partial charge in [-0.3, -0.25) is 9.59 Å². The molecule has 3 atom stereocenters. The number of methoxy groups -OCH3 is 1. The normalized spacial score (nSPS) is 22.8. The lowest BCUT2D eigenvalue weighted by Gasteiger charge is -2.50. The van der Waals surface area contributed by atoms with E-state index in [0.717, 1.165) is 10.4 Å². The Hall–Kier alpha value is -2.32. The van der Waals surface area contributed by atoms with Crippen molar-refractivity contribution in [3.8, 4) is 0 Å². The van der Waals surface area contributed by atoms with Crippen molar-refractivity contribution in [2.24, 2.45) is 11.3 Å². The van der Waals surface area contributed by atoms with Crippen molar-refractivity contribution in [1.82, 2.24) is 0 Å². The Bertz CT molecular complexity index is 1090. The zero-order chi connectivity index (χ0) is 29.3. The maximum Gasteiger partial charge on any atom is 0.314 e. The van der Waals surface area contributed by atoms with E-state index in [1.807, 2.05) is 71.0 Å². The van der Waals surface area contributed by atoms with Crippen molar-refractivity contribution < 1.29 is 28.2 Å². The van der Waals surface area contributed by atoms with E-state index in [1.54, 1.807) is 6.92 Å². The first-order chi connectivity index (χ1) is 18.0. The zero-order valence-electron chi connectivity index (χ0n) is 25.3. The van der Waals surface area contributed by atoms with Crippen LogP contribution in [0, 0.1) is 11.3 Å². The Kier molecular flexibility index (Phi) is 9.02. The van der Waals surface area contributed by atoms with E-state index in [2.05, 4.69) is 45.0 Å². The summed E-state index contributed by atoms with van der Waals surface area (Å²) in [5, 5.41) is 2.05. The van der Waals surface area contributed by atoms with Gasteiger partial charge in [0.05, 0.1) is 24.5 Å². The molecule has 1 aliphatic heterocycles. The van der Waals surface area contributed by atoms with Gasteiger partial charge in [0.15, 0.2) is 5.79 Å². The van der Waals surface area contributed by atoms with Gasteiger partial charge in [-0.1, -0.05) is 95.3 Å². The third-order valence-corrected chi connectivity index (χ3v) is 12.9. The highest BCUT2D eigenvalue weighted by Crippen LogP contribution is 2.44. The van der Waals surface area contributed by atoms with Gasteiger partial charge in [0.1, 0.15) is 17.3 Å². The molecule has 0 aliphatic carbocycles. The molecule has 7 heteroatoms. The number of hydrogen-bond donors (Lipinski definition) is 0. The second-order valence-electron chi connectivity index (χ2n) is 13.2. The fraction of sp³-hybridized carbons (Fsp3) is 0.562. The lowest BCUT2D eigenvalue weighted by molar-refractivity contribution is -0.304. The molecular weight excluding hydrogens is 508 g/mol. The Morgan fingerprint density at radius 1 is 0.974 bits per heavy atom. The van der Waals surface area contributed by atoms with Crippen molar-refractivity contribution in [1.29, 1.82) is 0 Å². The lowest BCUT2D eigenvalue weighted by atomic mass is 9.74. The molecular formula is C32H46O6Si. The summed E-state index contributed by atoms with van der Waals surface area (Å²) >= 11 is 0. The summed E-state index contributed by atoms with van der Waals surface area (Å²) < 4.78 is 25.3. The molecule has 2 aromatic carbocycles. The first-order valence-electron chi connectivity index (χ1n) is 13.7. The van der Waals surface area contributed by atoms with Crippen LogP contribution in [0.4, 0.5) is 0 Å². The number of rotatable bonds is 8. The Balaban J connectivity index is 2.05. The monoisotopic (exact) mass is 554 g/mol. The Labute approximate surface area is 235 Å². The maximum absolute atomic E-state index is 13.6. The summed E-state index contributed by atoms with van der Waals surface area (Å²) in [4.78, 5) is 26.7. The predicted molar refractivity (Wildman–Crippen MR) is 157 cm³/mol. The van der Waals surface area contributed by atoms with Crippen LogP contribution in [0.1, 0.15) is 68.7 Å².